The first-order chi connectivity index (χ1) is 8.60. The maximum absolute atomic E-state index is 13.7. The summed E-state index contributed by atoms with van der Waals surface area (Å²) in [5.41, 5.74) is 0.953. The molecule has 0 unspecified atom stereocenters. The van der Waals surface area contributed by atoms with E-state index in [1.807, 2.05) is 0 Å². The highest BCUT2D eigenvalue weighted by Gasteiger charge is 2.12. The van der Waals surface area contributed by atoms with Gasteiger partial charge in [0.2, 0.25) is 0 Å². The molecule has 2 rings (SSSR count). The SMILES string of the molecule is COC(=O)Cc1nc(-c2ccc(Br)cc2F)cs1. The van der Waals surface area contributed by atoms with E-state index in [9.17, 15) is 9.18 Å². The third kappa shape index (κ3) is 2.94. The molecular formula is C12H9BrFNO2S. The predicted octanol–water partition coefficient (Wildman–Crippen LogP) is 3.43. The minimum Gasteiger partial charge on any atom is -0.469 e. The zero-order valence-corrected chi connectivity index (χ0v) is 11.8. The normalized spacial score (nSPS) is 10.4. The lowest BCUT2D eigenvalue weighted by molar-refractivity contribution is -0.139. The maximum atomic E-state index is 13.7. The van der Waals surface area contributed by atoms with Gasteiger partial charge in [-0.15, -0.1) is 11.3 Å². The van der Waals surface area contributed by atoms with E-state index in [1.165, 1.54) is 24.5 Å². The molecule has 0 saturated heterocycles. The van der Waals surface area contributed by atoms with Gasteiger partial charge in [0.05, 0.1) is 19.2 Å². The molecule has 0 radical (unpaired) electrons. The molecule has 0 bridgehead atoms. The van der Waals surface area contributed by atoms with E-state index >= 15 is 0 Å². The lowest BCUT2D eigenvalue weighted by Gasteiger charge is -1.99. The second-order valence-corrected chi connectivity index (χ2v) is 5.36. The van der Waals surface area contributed by atoms with Crippen LogP contribution >= 0.6 is 27.3 Å². The third-order valence-electron chi connectivity index (χ3n) is 2.28. The van der Waals surface area contributed by atoms with Crippen LogP contribution in [0.25, 0.3) is 11.3 Å². The van der Waals surface area contributed by atoms with Gasteiger partial charge in [0.25, 0.3) is 0 Å². The number of methoxy groups -OCH3 is 1. The summed E-state index contributed by atoms with van der Waals surface area (Å²) >= 11 is 4.51. The fraction of sp³-hybridized carbons (Fsp3) is 0.167. The van der Waals surface area contributed by atoms with E-state index in [2.05, 4.69) is 25.7 Å². The minimum atomic E-state index is -0.354. The summed E-state index contributed by atoms with van der Waals surface area (Å²) in [5.74, 6) is -0.702. The molecule has 0 spiro atoms. The van der Waals surface area contributed by atoms with Crippen LogP contribution in [0.4, 0.5) is 4.39 Å². The van der Waals surface area contributed by atoms with E-state index in [0.717, 1.165) is 0 Å². The molecule has 0 amide bonds. The molecule has 0 aliphatic rings. The van der Waals surface area contributed by atoms with Gasteiger partial charge >= 0.3 is 5.97 Å². The zero-order chi connectivity index (χ0) is 13.1. The third-order valence-corrected chi connectivity index (χ3v) is 3.62. The Morgan fingerprint density at radius 3 is 3.00 bits per heavy atom. The number of rotatable bonds is 3. The Hall–Kier alpha value is -1.27. The second kappa shape index (κ2) is 5.58. The first-order valence-electron chi connectivity index (χ1n) is 5.07. The number of halogens is 2. The molecule has 0 fully saturated rings. The van der Waals surface area contributed by atoms with Crippen molar-refractivity contribution in [2.24, 2.45) is 0 Å². The smallest absolute Gasteiger partial charge is 0.312 e. The molecule has 0 aliphatic heterocycles. The van der Waals surface area contributed by atoms with Crippen molar-refractivity contribution in [2.75, 3.05) is 7.11 Å². The van der Waals surface area contributed by atoms with Crippen molar-refractivity contribution in [3.8, 4) is 11.3 Å². The van der Waals surface area contributed by atoms with Crippen LogP contribution < -0.4 is 0 Å². The number of hydrogen-bond donors (Lipinski definition) is 0. The first kappa shape index (κ1) is 13.2. The first-order valence-corrected chi connectivity index (χ1v) is 6.74. The fourth-order valence-electron chi connectivity index (χ4n) is 1.41. The lowest BCUT2D eigenvalue weighted by Crippen LogP contribution is -2.03. The van der Waals surface area contributed by atoms with Crippen LogP contribution in [0.3, 0.4) is 0 Å². The molecule has 0 saturated carbocycles. The van der Waals surface area contributed by atoms with Gasteiger partial charge in [-0.25, -0.2) is 9.37 Å². The van der Waals surface area contributed by atoms with Crippen molar-refractivity contribution in [1.29, 1.82) is 0 Å². The zero-order valence-electron chi connectivity index (χ0n) is 9.44. The summed E-state index contributed by atoms with van der Waals surface area (Å²) in [5, 5.41) is 2.34. The molecule has 1 aromatic carbocycles. The molecule has 94 valence electrons. The Labute approximate surface area is 116 Å². The van der Waals surface area contributed by atoms with E-state index in [0.29, 0.717) is 20.7 Å². The van der Waals surface area contributed by atoms with Crippen LogP contribution in [0.1, 0.15) is 5.01 Å². The molecule has 0 N–H and O–H groups in total. The van der Waals surface area contributed by atoms with E-state index in [-0.39, 0.29) is 18.2 Å². The number of hydrogen-bond acceptors (Lipinski definition) is 4. The number of carbonyl (C=O) groups is 1. The van der Waals surface area contributed by atoms with Gasteiger partial charge in [0.15, 0.2) is 0 Å². The molecule has 1 heterocycles. The van der Waals surface area contributed by atoms with Gasteiger partial charge in [-0.05, 0) is 18.2 Å². The van der Waals surface area contributed by atoms with Crippen LogP contribution in [-0.2, 0) is 16.0 Å². The van der Waals surface area contributed by atoms with Crippen LogP contribution in [0, 0.1) is 5.82 Å². The van der Waals surface area contributed by atoms with Crippen molar-refractivity contribution >= 4 is 33.2 Å². The highest BCUT2D eigenvalue weighted by atomic mass is 79.9. The van der Waals surface area contributed by atoms with Crippen molar-refractivity contribution < 1.29 is 13.9 Å². The van der Waals surface area contributed by atoms with Crippen molar-refractivity contribution in [1.82, 2.24) is 4.98 Å². The van der Waals surface area contributed by atoms with E-state index < -0.39 is 0 Å². The molecular weight excluding hydrogens is 321 g/mol. The average Bonchev–Trinajstić information content (AvgIpc) is 2.77. The van der Waals surface area contributed by atoms with Crippen LogP contribution in [0.5, 0.6) is 0 Å². The Kier molecular flexibility index (Phi) is 4.08. The number of esters is 1. The summed E-state index contributed by atoms with van der Waals surface area (Å²) in [6, 6.07) is 4.78. The number of thiazole rings is 1. The number of ether oxygens (including phenoxy) is 1. The molecule has 0 aliphatic carbocycles. The molecule has 18 heavy (non-hydrogen) atoms. The van der Waals surface area contributed by atoms with E-state index in [1.54, 1.807) is 17.5 Å². The Bertz CT molecular complexity index is 585. The van der Waals surface area contributed by atoms with Gasteiger partial charge in [-0.1, -0.05) is 15.9 Å². The van der Waals surface area contributed by atoms with Crippen LogP contribution in [0.15, 0.2) is 28.1 Å². The number of nitrogens with zero attached hydrogens (tertiary/aromatic N) is 1. The molecule has 6 heteroatoms. The number of benzene rings is 1. The molecule has 0 atom stereocenters. The quantitative estimate of drug-likeness (QED) is 0.810. The van der Waals surface area contributed by atoms with Gasteiger partial charge in [-0.2, -0.15) is 0 Å². The van der Waals surface area contributed by atoms with Gasteiger partial charge < -0.3 is 4.74 Å². The highest BCUT2D eigenvalue weighted by Crippen LogP contribution is 2.27. The summed E-state index contributed by atoms with van der Waals surface area (Å²) in [6.07, 6.45) is 0.110. The Balaban J connectivity index is 2.26. The second-order valence-electron chi connectivity index (χ2n) is 3.50. The molecule has 2 aromatic rings. The van der Waals surface area contributed by atoms with E-state index in [4.69, 9.17) is 0 Å². The van der Waals surface area contributed by atoms with Crippen LogP contribution in [0.2, 0.25) is 0 Å². The minimum absolute atomic E-state index is 0.110. The number of aromatic nitrogens is 1. The van der Waals surface area contributed by atoms with Gasteiger partial charge in [-0.3, -0.25) is 4.79 Å². The van der Waals surface area contributed by atoms with Crippen molar-refractivity contribution in [3.05, 3.63) is 38.9 Å². The van der Waals surface area contributed by atoms with Crippen molar-refractivity contribution in [2.45, 2.75) is 6.42 Å². The standard InChI is InChI=1S/C12H9BrFNO2S/c1-17-12(16)5-11-15-10(6-18-11)8-3-2-7(13)4-9(8)14/h2-4,6H,5H2,1H3. The number of carbonyl (C=O) groups excluding carboxylic acids is 1. The monoisotopic (exact) mass is 329 g/mol. The van der Waals surface area contributed by atoms with Crippen molar-refractivity contribution in [3.63, 3.8) is 0 Å². The summed E-state index contributed by atoms with van der Waals surface area (Å²) in [4.78, 5) is 15.3. The van der Waals surface area contributed by atoms with Gasteiger partial charge in [0, 0.05) is 15.4 Å². The Morgan fingerprint density at radius 2 is 2.33 bits per heavy atom. The lowest BCUT2D eigenvalue weighted by atomic mass is 10.1. The fourth-order valence-corrected chi connectivity index (χ4v) is 2.52. The topological polar surface area (TPSA) is 39.2 Å². The highest BCUT2D eigenvalue weighted by molar-refractivity contribution is 9.10. The van der Waals surface area contributed by atoms with Gasteiger partial charge in [0.1, 0.15) is 10.8 Å². The molecule has 3 nitrogen and oxygen atoms in total. The largest absolute Gasteiger partial charge is 0.469 e. The summed E-state index contributed by atoms with van der Waals surface area (Å²) in [6.45, 7) is 0. The average molecular weight is 330 g/mol. The Morgan fingerprint density at radius 1 is 1.56 bits per heavy atom. The summed E-state index contributed by atoms with van der Waals surface area (Å²) in [7, 11) is 1.32. The molecule has 1 aromatic heterocycles. The maximum Gasteiger partial charge on any atom is 0.312 e. The predicted molar refractivity (Wildman–Crippen MR) is 70.9 cm³/mol. The summed E-state index contributed by atoms with van der Waals surface area (Å²) < 4.78 is 18.9. The van der Waals surface area contributed by atoms with Crippen LogP contribution in [-0.4, -0.2) is 18.1 Å².